The number of carbonyl (C=O) groups is 2. The highest BCUT2D eigenvalue weighted by Gasteiger charge is 2.12. The Morgan fingerprint density at radius 3 is 2.30 bits per heavy atom. The lowest BCUT2D eigenvalue weighted by Gasteiger charge is -2.11. The Bertz CT molecular complexity index is 681. The van der Waals surface area contributed by atoms with Gasteiger partial charge < -0.3 is 15.4 Å². The second kappa shape index (κ2) is 7.98. The zero-order chi connectivity index (χ0) is 16.7. The molecule has 2 amide bonds. The molecular formula is C18H20N2O3. The fourth-order valence-electron chi connectivity index (χ4n) is 2.03. The van der Waals surface area contributed by atoms with Gasteiger partial charge in [0.1, 0.15) is 12.2 Å². The number of hydrogen-bond donors (Lipinski definition) is 2. The second-order valence-electron chi connectivity index (χ2n) is 5.07. The van der Waals surface area contributed by atoms with Crippen LogP contribution >= 0.6 is 0 Å². The molecular weight excluding hydrogens is 292 g/mol. The van der Waals surface area contributed by atoms with Crippen LogP contribution in [0.5, 0.6) is 5.75 Å². The van der Waals surface area contributed by atoms with Gasteiger partial charge in [-0.05, 0) is 38.1 Å². The van der Waals surface area contributed by atoms with Gasteiger partial charge in [-0.15, -0.1) is 0 Å². The minimum absolute atomic E-state index is 0.256. The molecule has 2 rings (SSSR count). The van der Waals surface area contributed by atoms with Crippen molar-refractivity contribution < 1.29 is 14.3 Å². The zero-order valence-corrected chi connectivity index (χ0v) is 13.3. The highest BCUT2D eigenvalue weighted by Crippen LogP contribution is 2.23. The molecule has 0 aliphatic rings. The number of carbonyl (C=O) groups excluding carboxylic acids is 2. The van der Waals surface area contributed by atoms with E-state index in [9.17, 15) is 9.59 Å². The van der Waals surface area contributed by atoms with E-state index in [0.29, 0.717) is 23.7 Å². The summed E-state index contributed by atoms with van der Waals surface area (Å²) in [7, 11) is 0. The van der Waals surface area contributed by atoms with E-state index in [0.717, 1.165) is 5.56 Å². The van der Waals surface area contributed by atoms with Gasteiger partial charge in [-0.3, -0.25) is 9.59 Å². The van der Waals surface area contributed by atoms with Crippen molar-refractivity contribution in [3.8, 4) is 5.75 Å². The molecule has 2 N–H and O–H groups in total. The smallest absolute Gasteiger partial charge is 0.233 e. The Balaban J connectivity index is 1.91. The van der Waals surface area contributed by atoms with E-state index in [1.807, 2.05) is 32.0 Å². The van der Waals surface area contributed by atoms with Crippen LogP contribution in [0.1, 0.15) is 18.9 Å². The van der Waals surface area contributed by atoms with E-state index in [-0.39, 0.29) is 18.2 Å². The van der Waals surface area contributed by atoms with Gasteiger partial charge >= 0.3 is 0 Å². The number of nitrogens with one attached hydrogen (secondary N) is 2. The van der Waals surface area contributed by atoms with Crippen LogP contribution in [-0.2, 0) is 9.59 Å². The van der Waals surface area contributed by atoms with Crippen LogP contribution in [-0.4, -0.2) is 18.4 Å². The van der Waals surface area contributed by atoms with Crippen LogP contribution in [0.3, 0.4) is 0 Å². The van der Waals surface area contributed by atoms with Gasteiger partial charge in [-0.25, -0.2) is 0 Å². The van der Waals surface area contributed by atoms with Gasteiger partial charge in [-0.1, -0.05) is 29.8 Å². The molecule has 0 aliphatic heterocycles. The van der Waals surface area contributed by atoms with E-state index in [2.05, 4.69) is 10.6 Å². The lowest BCUT2D eigenvalue weighted by molar-refractivity contribution is -0.123. The van der Waals surface area contributed by atoms with E-state index in [4.69, 9.17) is 4.74 Å². The number of ether oxygens (including phenoxy) is 1. The van der Waals surface area contributed by atoms with Crippen molar-refractivity contribution in [1.29, 1.82) is 0 Å². The van der Waals surface area contributed by atoms with Gasteiger partial charge in [0, 0.05) is 5.69 Å². The SMILES string of the molecule is CCOc1ccccc1NC(=O)CC(=O)Nc1ccc(C)cc1. The third-order valence-electron chi connectivity index (χ3n) is 3.12. The molecule has 23 heavy (non-hydrogen) atoms. The number of anilines is 2. The van der Waals surface area contributed by atoms with Crippen LogP contribution < -0.4 is 15.4 Å². The normalized spacial score (nSPS) is 10.0. The molecule has 0 aromatic heterocycles. The van der Waals surface area contributed by atoms with Crippen molar-refractivity contribution in [3.05, 3.63) is 54.1 Å². The number of para-hydroxylation sites is 2. The number of aryl methyl sites for hydroxylation is 1. The van der Waals surface area contributed by atoms with Gasteiger partial charge in [0.15, 0.2) is 0 Å². The Kier molecular flexibility index (Phi) is 5.74. The first-order valence-corrected chi connectivity index (χ1v) is 7.46. The summed E-state index contributed by atoms with van der Waals surface area (Å²) in [5.41, 5.74) is 2.33. The minimum atomic E-state index is -0.387. The first-order valence-electron chi connectivity index (χ1n) is 7.46. The molecule has 0 heterocycles. The Labute approximate surface area is 135 Å². The van der Waals surface area contributed by atoms with Crippen LogP contribution in [0.2, 0.25) is 0 Å². The standard InChI is InChI=1S/C18H20N2O3/c1-3-23-16-7-5-4-6-15(16)20-18(22)12-17(21)19-14-10-8-13(2)9-11-14/h4-11H,3,12H2,1-2H3,(H,19,21)(H,20,22). The van der Waals surface area contributed by atoms with Crippen molar-refractivity contribution in [3.63, 3.8) is 0 Å². The van der Waals surface area contributed by atoms with Crippen molar-refractivity contribution in [2.75, 3.05) is 17.2 Å². The van der Waals surface area contributed by atoms with Gasteiger partial charge in [0.05, 0.1) is 12.3 Å². The van der Waals surface area contributed by atoms with Gasteiger partial charge in [0.25, 0.3) is 0 Å². The molecule has 0 spiro atoms. The summed E-state index contributed by atoms with van der Waals surface area (Å²) >= 11 is 0. The maximum atomic E-state index is 12.0. The summed E-state index contributed by atoms with van der Waals surface area (Å²) in [6, 6.07) is 14.5. The minimum Gasteiger partial charge on any atom is -0.492 e. The van der Waals surface area contributed by atoms with Crippen LogP contribution in [0.4, 0.5) is 11.4 Å². The quantitative estimate of drug-likeness (QED) is 0.804. The summed E-state index contributed by atoms with van der Waals surface area (Å²) < 4.78 is 5.43. The molecule has 0 atom stereocenters. The molecule has 2 aromatic rings. The predicted octanol–water partition coefficient (Wildman–Crippen LogP) is 3.36. The Hall–Kier alpha value is -2.82. The second-order valence-corrected chi connectivity index (χ2v) is 5.07. The molecule has 0 fully saturated rings. The average Bonchev–Trinajstić information content (AvgIpc) is 2.51. The van der Waals surface area contributed by atoms with Crippen molar-refractivity contribution in [1.82, 2.24) is 0 Å². The predicted molar refractivity (Wildman–Crippen MR) is 90.7 cm³/mol. The van der Waals surface area contributed by atoms with E-state index < -0.39 is 0 Å². The largest absolute Gasteiger partial charge is 0.492 e. The van der Waals surface area contributed by atoms with Crippen LogP contribution in [0, 0.1) is 6.92 Å². The van der Waals surface area contributed by atoms with E-state index in [1.54, 1.807) is 30.3 Å². The lowest BCUT2D eigenvalue weighted by Crippen LogP contribution is -2.21. The highest BCUT2D eigenvalue weighted by atomic mass is 16.5. The maximum absolute atomic E-state index is 12.0. The third-order valence-corrected chi connectivity index (χ3v) is 3.12. The van der Waals surface area contributed by atoms with Crippen LogP contribution in [0.15, 0.2) is 48.5 Å². The number of amides is 2. The van der Waals surface area contributed by atoms with E-state index in [1.165, 1.54) is 0 Å². The molecule has 0 radical (unpaired) electrons. The van der Waals surface area contributed by atoms with Crippen LogP contribution in [0.25, 0.3) is 0 Å². The molecule has 0 unspecified atom stereocenters. The third kappa shape index (κ3) is 5.14. The summed E-state index contributed by atoms with van der Waals surface area (Å²) in [5, 5.41) is 5.39. The number of rotatable bonds is 6. The average molecular weight is 312 g/mol. The molecule has 0 aliphatic carbocycles. The molecule has 120 valence electrons. The molecule has 5 nitrogen and oxygen atoms in total. The summed E-state index contributed by atoms with van der Waals surface area (Å²) in [5.74, 6) is -0.163. The monoisotopic (exact) mass is 312 g/mol. The van der Waals surface area contributed by atoms with Gasteiger partial charge in [0.2, 0.25) is 11.8 Å². The Morgan fingerprint density at radius 1 is 0.957 bits per heavy atom. The molecule has 5 heteroatoms. The molecule has 0 saturated heterocycles. The summed E-state index contributed by atoms with van der Waals surface area (Å²) in [4.78, 5) is 23.9. The summed E-state index contributed by atoms with van der Waals surface area (Å²) in [6.07, 6.45) is -0.256. The first-order chi connectivity index (χ1) is 11.1. The number of benzene rings is 2. The Morgan fingerprint density at radius 2 is 1.61 bits per heavy atom. The molecule has 0 bridgehead atoms. The highest BCUT2D eigenvalue weighted by molar-refractivity contribution is 6.08. The number of hydrogen-bond acceptors (Lipinski definition) is 3. The topological polar surface area (TPSA) is 67.4 Å². The molecule has 2 aromatic carbocycles. The fraction of sp³-hybridized carbons (Fsp3) is 0.222. The van der Waals surface area contributed by atoms with Crippen molar-refractivity contribution in [2.24, 2.45) is 0 Å². The fourth-order valence-corrected chi connectivity index (χ4v) is 2.03. The first kappa shape index (κ1) is 16.5. The van der Waals surface area contributed by atoms with Crippen molar-refractivity contribution >= 4 is 23.2 Å². The summed E-state index contributed by atoms with van der Waals surface area (Å²) in [6.45, 7) is 4.34. The maximum Gasteiger partial charge on any atom is 0.233 e. The van der Waals surface area contributed by atoms with Crippen molar-refractivity contribution in [2.45, 2.75) is 20.3 Å². The van der Waals surface area contributed by atoms with E-state index >= 15 is 0 Å². The lowest BCUT2D eigenvalue weighted by atomic mass is 10.2. The van der Waals surface area contributed by atoms with Gasteiger partial charge in [-0.2, -0.15) is 0 Å². The molecule has 0 saturated carbocycles. The zero-order valence-electron chi connectivity index (χ0n) is 13.3.